The molecule has 0 unspecified atom stereocenters. The second kappa shape index (κ2) is 11.4. The van der Waals surface area contributed by atoms with Gasteiger partial charge in [0.15, 0.2) is 0 Å². The average Bonchev–Trinajstić information content (AvgIpc) is 2.29. The van der Waals surface area contributed by atoms with Gasteiger partial charge in [-0.3, -0.25) is 4.79 Å². The second-order valence-electron chi connectivity index (χ2n) is 3.32. The summed E-state index contributed by atoms with van der Waals surface area (Å²) in [5, 5.41) is 2.81. The maximum absolute atomic E-state index is 11.1. The summed E-state index contributed by atoms with van der Waals surface area (Å²) in [6, 6.07) is 0. The summed E-state index contributed by atoms with van der Waals surface area (Å²) in [6.07, 6.45) is 5.08. The van der Waals surface area contributed by atoms with E-state index in [1.807, 2.05) is 20.8 Å². The van der Waals surface area contributed by atoms with Gasteiger partial charge in [0.25, 0.3) is 0 Å². The van der Waals surface area contributed by atoms with Crippen molar-refractivity contribution in [3.63, 3.8) is 0 Å². The van der Waals surface area contributed by atoms with Gasteiger partial charge in [0.05, 0.1) is 13.2 Å². The molecular formula is C12H23NO3Si. The molecule has 1 N–H and O–H groups in total. The average molecular weight is 257 g/mol. The number of nitrogens with one attached hydrogen (secondary N) is 1. The van der Waals surface area contributed by atoms with Crippen LogP contribution in [-0.2, 0) is 13.6 Å². The number of amides is 1. The molecule has 0 heterocycles. The van der Waals surface area contributed by atoms with E-state index in [4.69, 9.17) is 8.85 Å². The highest BCUT2D eigenvalue weighted by molar-refractivity contribution is 6.54. The van der Waals surface area contributed by atoms with Crippen molar-refractivity contribution in [1.82, 2.24) is 5.32 Å². The van der Waals surface area contributed by atoms with Gasteiger partial charge in [-0.2, -0.15) is 0 Å². The minimum atomic E-state index is -1.21. The van der Waals surface area contributed by atoms with E-state index >= 15 is 0 Å². The summed E-state index contributed by atoms with van der Waals surface area (Å²) in [4.78, 5) is 11.1. The molecule has 0 radical (unpaired) electrons. The molecule has 0 saturated carbocycles. The molecule has 17 heavy (non-hydrogen) atoms. The van der Waals surface area contributed by atoms with Gasteiger partial charge in [0.1, 0.15) is 0 Å². The molecule has 4 nitrogen and oxygen atoms in total. The fraction of sp³-hybridized carbons (Fsp3) is 0.667. The third kappa shape index (κ3) is 9.80. The van der Waals surface area contributed by atoms with Crippen molar-refractivity contribution in [2.45, 2.75) is 33.6 Å². The van der Waals surface area contributed by atoms with E-state index in [0.717, 1.165) is 12.8 Å². The molecule has 0 bridgehead atoms. The van der Waals surface area contributed by atoms with Gasteiger partial charge >= 0.3 is 8.90 Å². The van der Waals surface area contributed by atoms with E-state index < -0.39 is 8.90 Å². The van der Waals surface area contributed by atoms with Crippen molar-refractivity contribution in [2.24, 2.45) is 0 Å². The summed E-state index contributed by atoms with van der Waals surface area (Å²) >= 11 is 0. The number of carbonyl (C=O) groups excluding carboxylic acids is 1. The van der Waals surface area contributed by atoms with Crippen LogP contribution in [-0.4, -0.2) is 40.2 Å². The molecule has 0 aromatic carbocycles. The van der Waals surface area contributed by atoms with Gasteiger partial charge in [-0.05, 0) is 45.4 Å². The van der Waals surface area contributed by atoms with Gasteiger partial charge in [-0.25, -0.2) is 0 Å². The normalized spacial score (nSPS) is 10.1. The van der Waals surface area contributed by atoms with E-state index in [9.17, 15) is 4.79 Å². The van der Waals surface area contributed by atoms with Crippen molar-refractivity contribution in [3.8, 4) is 0 Å². The smallest absolute Gasteiger partial charge is 0.475 e. The first-order valence-corrected chi connectivity index (χ1v) is 7.50. The Bertz CT molecular complexity index is 256. The van der Waals surface area contributed by atoms with Gasteiger partial charge < -0.3 is 14.2 Å². The van der Waals surface area contributed by atoms with Crippen molar-refractivity contribution in [3.05, 3.63) is 12.2 Å². The van der Waals surface area contributed by atoms with Gasteiger partial charge in [0.2, 0.25) is 5.91 Å². The van der Waals surface area contributed by atoms with Crippen molar-refractivity contribution < 1.29 is 13.6 Å². The zero-order chi connectivity index (χ0) is 12.9. The summed E-state index contributed by atoms with van der Waals surface area (Å²) in [5.74, 6) is -0.0346. The second-order valence-corrected chi connectivity index (χ2v) is 4.95. The fourth-order valence-electron chi connectivity index (χ4n) is 1.19. The zero-order valence-electron chi connectivity index (χ0n) is 11.0. The maximum Gasteiger partial charge on any atom is 0.475 e. The Labute approximate surface area is 105 Å². The van der Waals surface area contributed by atoms with Crippen LogP contribution in [0.4, 0.5) is 0 Å². The van der Waals surface area contributed by atoms with E-state index in [0.29, 0.717) is 19.8 Å². The lowest BCUT2D eigenvalue weighted by Gasteiger charge is -2.07. The molecule has 0 aromatic rings. The molecule has 0 rings (SSSR count). The Hall–Kier alpha value is -1.10. The molecule has 0 aliphatic carbocycles. The van der Waals surface area contributed by atoms with Crippen LogP contribution in [0.25, 0.3) is 0 Å². The molecular weight excluding hydrogens is 234 g/mol. The molecule has 5 heteroatoms. The molecule has 0 aliphatic heterocycles. The SMILES string of the molecule is C/C=C\C(=O)NCCCC=[Si](OCC)OCC. The first-order chi connectivity index (χ1) is 8.24. The van der Waals surface area contributed by atoms with Crippen LogP contribution in [0.3, 0.4) is 0 Å². The predicted octanol–water partition coefficient (Wildman–Crippen LogP) is 1.40. The van der Waals surface area contributed by atoms with Crippen LogP contribution in [0.15, 0.2) is 12.2 Å². The highest BCUT2D eigenvalue weighted by atomic mass is 28.3. The number of hydrogen-bond acceptors (Lipinski definition) is 3. The first-order valence-electron chi connectivity index (χ1n) is 6.10. The number of allylic oxidation sites excluding steroid dienone is 1. The third-order valence-corrected chi connectivity index (χ3v) is 3.65. The van der Waals surface area contributed by atoms with E-state index in [1.54, 1.807) is 6.08 Å². The molecule has 0 aliphatic rings. The molecule has 98 valence electrons. The minimum absolute atomic E-state index is 0.0346. The zero-order valence-corrected chi connectivity index (χ0v) is 12.0. The Kier molecular flexibility index (Phi) is 10.6. The van der Waals surface area contributed by atoms with Crippen LogP contribution in [0.1, 0.15) is 33.6 Å². The fourth-order valence-corrected chi connectivity index (χ4v) is 2.52. The summed E-state index contributed by atoms with van der Waals surface area (Å²) < 4.78 is 10.9. The van der Waals surface area contributed by atoms with Crippen LogP contribution in [0.5, 0.6) is 0 Å². The first kappa shape index (κ1) is 15.9. The van der Waals surface area contributed by atoms with Crippen LogP contribution in [0.2, 0.25) is 0 Å². The van der Waals surface area contributed by atoms with Crippen molar-refractivity contribution in [2.75, 3.05) is 19.8 Å². The van der Waals surface area contributed by atoms with Gasteiger partial charge in [-0.15, -0.1) is 0 Å². The molecule has 0 saturated heterocycles. The molecule has 1 amide bonds. The summed E-state index contributed by atoms with van der Waals surface area (Å²) in [6.45, 7) is 7.81. The van der Waals surface area contributed by atoms with E-state index in [1.165, 1.54) is 6.08 Å². The molecule has 0 spiro atoms. The van der Waals surface area contributed by atoms with Crippen molar-refractivity contribution in [1.29, 1.82) is 0 Å². The molecule has 0 fully saturated rings. The Morgan fingerprint density at radius 1 is 1.29 bits per heavy atom. The van der Waals surface area contributed by atoms with Gasteiger partial charge in [-0.1, -0.05) is 6.08 Å². The van der Waals surface area contributed by atoms with E-state index in [-0.39, 0.29) is 5.91 Å². The lowest BCUT2D eigenvalue weighted by atomic mass is 10.3. The molecule has 0 aromatic heterocycles. The maximum atomic E-state index is 11.1. The Morgan fingerprint density at radius 2 is 1.94 bits per heavy atom. The van der Waals surface area contributed by atoms with Crippen LogP contribution < -0.4 is 5.32 Å². The highest BCUT2D eigenvalue weighted by Crippen LogP contribution is 1.87. The number of rotatable bonds is 9. The number of unbranched alkanes of at least 4 members (excludes halogenated alkanes) is 1. The lowest BCUT2D eigenvalue weighted by Crippen LogP contribution is -2.22. The Balaban J connectivity index is 3.71. The standard InChI is InChI=1S/C12H23NO3Si/c1-4-9-12(14)13-10-7-8-11-17(15-5-2)16-6-3/h4,9,11H,5-8,10H2,1-3H3,(H,13,14)/b9-4-. The van der Waals surface area contributed by atoms with Crippen LogP contribution in [0, 0.1) is 0 Å². The minimum Gasteiger partial charge on any atom is -0.524 e. The topological polar surface area (TPSA) is 47.6 Å². The predicted molar refractivity (Wildman–Crippen MR) is 72.1 cm³/mol. The van der Waals surface area contributed by atoms with E-state index in [2.05, 4.69) is 11.0 Å². The number of carbonyl (C=O) groups is 1. The largest absolute Gasteiger partial charge is 0.524 e. The summed E-state index contributed by atoms with van der Waals surface area (Å²) in [7, 11) is -1.21. The van der Waals surface area contributed by atoms with Gasteiger partial charge in [0, 0.05) is 6.54 Å². The molecule has 0 atom stereocenters. The van der Waals surface area contributed by atoms with Crippen molar-refractivity contribution >= 4 is 20.5 Å². The summed E-state index contributed by atoms with van der Waals surface area (Å²) in [5.41, 5.74) is 2.10. The van der Waals surface area contributed by atoms with Crippen LogP contribution >= 0.6 is 0 Å². The Morgan fingerprint density at radius 3 is 2.47 bits per heavy atom. The third-order valence-electron chi connectivity index (χ3n) is 1.88. The quantitative estimate of drug-likeness (QED) is 0.386. The lowest BCUT2D eigenvalue weighted by molar-refractivity contribution is -0.116. The highest BCUT2D eigenvalue weighted by Gasteiger charge is 2.00. The number of hydrogen-bond donors (Lipinski definition) is 1. The monoisotopic (exact) mass is 257 g/mol.